The molecule has 0 spiro atoms. The van der Waals surface area contributed by atoms with Gasteiger partial charge < -0.3 is 5.11 Å². The van der Waals surface area contributed by atoms with Crippen LogP contribution < -0.4 is 0 Å². The number of benzene rings is 3. The minimum Gasteiger partial charge on any atom is -0.508 e. The van der Waals surface area contributed by atoms with Crippen molar-refractivity contribution < 1.29 is 10.0 Å². The van der Waals surface area contributed by atoms with E-state index in [0.717, 1.165) is 22.3 Å². The maximum absolute atomic E-state index is 10.9. The standard InChI is InChI=1S/C19H13N3O3/c23-16-10-11-17-18(12-16)21(14-4-2-1-3-5-14)19(20-17)13-6-8-15(9-7-13)22(24)25/h1-12,23H. The van der Waals surface area contributed by atoms with Gasteiger partial charge >= 0.3 is 0 Å². The first kappa shape index (κ1) is 14.9. The molecule has 0 atom stereocenters. The van der Waals surface area contributed by atoms with Crippen LogP contribution in [0.3, 0.4) is 0 Å². The Hall–Kier alpha value is -3.67. The number of hydrogen-bond acceptors (Lipinski definition) is 4. The van der Waals surface area contributed by atoms with Crippen LogP contribution in [0.1, 0.15) is 0 Å². The smallest absolute Gasteiger partial charge is 0.269 e. The summed E-state index contributed by atoms with van der Waals surface area (Å²) in [7, 11) is 0. The molecule has 0 aliphatic heterocycles. The van der Waals surface area contributed by atoms with Gasteiger partial charge in [-0.25, -0.2) is 4.98 Å². The van der Waals surface area contributed by atoms with E-state index in [1.807, 2.05) is 34.9 Å². The van der Waals surface area contributed by atoms with Crippen LogP contribution in [-0.2, 0) is 0 Å². The molecule has 0 radical (unpaired) electrons. The van der Waals surface area contributed by atoms with Gasteiger partial charge in [0.05, 0.1) is 16.0 Å². The number of rotatable bonds is 3. The molecule has 25 heavy (non-hydrogen) atoms. The fraction of sp³-hybridized carbons (Fsp3) is 0. The van der Waals surface area contributed by atoms with Crippen LogP contribution in [0, 0.1) is 10.1 Å². The van der Waals surface area contributed by atoms with E-state index in [-0.39, 0.29) is 11.4 Å². The van der Waals surface area contributed by atoms with E-state index in [0.29, 0.717) is 5.82 Å². The number of nitrogens with zero attached hydrogens (tertiary/aromatic N) is 3. The number of para-hydroxylation sites is 1. The molecule has 122 valence electrons. The normalized spacial score (nSPS) is 10.9. The molecule has 1 N–H and O–H groups in total. The van der Waals surface area contributed by atoms with E-state index in [4.69, 9.17) is 0 Å². The highest BCUT2D eigenvalue weighted by Crippen LogP contribution is 2.31. The topological polar surface area (TPSA) is 81.2 Å². The summed E-state index contributed by atoms with van der Waals surface area (Å²) in [5.74, 6) is 0.807. The molecule has 1 heterocycles. The molecular formula is C19H13N3O3. The molecule has 6 heteroatoms. The Balaban J connectivity index is 1.98. The van der Waals surface area contributed by atoms with Crippen molar-refractivity contribution in [3.05, 3.63) is 82.9 Å². The summed E-state index contributed by atoms with van der Waals surface area (Å²) in [6.45, 7) is 0. The highest BCUT2D eigenvalue weighted by atomic mass is 16.6. The van der Waals surface area contributed by atoms with E-state index in [2.05, 4.69) is 4.98 Å². The molecule has 0 bridgehead atoms. The Kier molecular flexibility index (Phi) is 3.43. The van der Waals surface area contributed by atoms with Gasteiger partial charge in [0.15, 0.2) is 0 Å². The minimum atomic E-state index is -0.429. The van der Waals surface area contributed by atoms with Crippen molar-refractivity contribution in [2.45, 2.75) is 0 Å². The van der Waals surface area contributed by atoms with Crippen LogP contribution in [0.15, 0.2) is 72.8 Å². The quantitative estimate of drug-likeness (QED) is 0.448. The predicted molar refractivity (Wildman–Crippen MR) is 94.8 cm³/mol. The number of phenolic OH excluding ortho intramolecular Hbond substituents is 1. The zero-order chi connectivity index (χ0) is 17.4. The highest BCUT2D eigenvalue weighted by molar-refractivity contribution is 5.84. The third-order valence-electron chi connectivity index (χ3n) is 3.99. The average molecular weight is 331 g/mol. The Morgan fingerprint density at radius 2 is 1.68 bits per heavy atom. The number of nitro benzene ring substituents is 1. The lowest BCUT2D eigenvalue weighted by molar-refractivity contribution is -0.384. The number of phenols is 1. The van der Waals surface area contributed by atoms with Gasteiger partial charge in [-0.2, -0.15) is 0 Å². The molecule has 0 aliphatic rings. The van der Waals surface area contributed by atoms with Crippen LogP contribution in [-0.4, -0.2) is 19.6 Å². The molecule has 4 rings (SSSR count). The Morgan fingerprint density at radius 1 is 0.960 bits per heavy atom. The van der Waals surface area contributed by atoms with Gasteiger partial charge in [0.25, 0.3) is 5.69 Å². The summed E-state index contributed by atoms with van der Waals surface area (Å²) in [6, 6.07) is 20.9. The van der Waals surface area contributed by atoms with E-state index < -0.39 is 4.92 Å². The van der Waals surface area contributed by atoms with Gasteiger partial charge in [0.1, 0.15) is 11.6 Å². The maximum Gasteiger partial charge on any atom is 0.269 e. The molecule has 0 amide bonds. The van der Waals surface area contributed by atoms with Crippen LogP contribution in [0.25, 0.3) is 28.1 Å². The van der Waals surface area contributed by atoms with Crippen molar-refractivity contribution in [2.75, 3.05) is 0 Å². The van der Waals surface area contributed by atoms with Gasteiger partial charge in [-0.3, -0.25) is 14.7 Å². The number of nitro groups is 1. The number of aromatic nitrogens is 2. The number of aromatic hydroxyl groups is 1. The van der Waals surface area contributed by atoms with Gasteiger partial charge in [-0.1, -0.05) is 18.2 Å². The van der Waals surface area contributed by atoms with Crippen molar-refractivity contribution >= 4 is 16.7 Å². The summed E-state index contributed by atoms with van der Waals surface area (Å²) >= 11 is 0. The van der Waals surface area contributed by atoms with Gasteiger partial charge in [-0.05, 0) is 36.4 Å². The first-order valence-electron chi connectivity index (χ1n) is 7.65. The van der Waals surface area contributed by atoms with Crippen LogP contribution in [0.2, 0.25) is 0 Å². The molecule has 4 aromatic rings. The lowest BCUT2D eigenvalue weighted by atomic mass is 10.2. The van der Waals surface area contributed by atoms with E-state index in [1.54, 1.807) is 30.3 Å². The fourth-order valence-electron chi connectivity index (χ4n) is 2.83. The molecule has 3 aromatic carbocycles. The Labute approximate surface area is 142 Å². The third-order valence-corrected chi connectivity index (χ3v) is 3.99. The second-order valence-electron chi connectivity index (χ2n) is 5.58. The van der Waals surface area contributed by atoms with Crippen molar-refractivity contribution in [1.82, 2.24) is 9.55 Å². The molecule has 0 fully saturated rings. The average Bonchev–Trinajstić information content (AvgIpc) is 3.01. The lowest BCUT2D eigenvalue weighted by Gasteiger charge is -2.09. The molecular weight excluding hydrogens is 318 g/mol. The van der Waals surface area contributed by atoms with E-state index in [1.165, 1.54) is 12.1 Å². The van der Waals surface area contributed by atoms with Gasteiger partial charge in [0.2, 0.25) is 0 Å². The summed E-state index contributed by atoms with van der Waals surface area (Å²) < 4.78 is 1.93. The van der Waals surface area contributed by atoms with Crippen molar-refractivity contribution in [1.29, 1.82) is 0 Å². The second kappa shape index (κ2) is 5.76. The number of hydrogen-bond donors (Lipinski definition) is 1. The molecule has 0 saturated heterocycles. The molecule has 0 unspecified atom stereocenters. The highest BCUT2D eigenvalue weighted by Gasteiger charge is 2.15. The van der Waals surface area contributed by atoms with Crippen molar-refractivity contribution in [3.63, 3.8) is 0 Å². The lowest BCUT2D eigenvalue weighted by Crippen LogP contribution is -1.97. The van der Waals surface area contributed by atoms with Crippen LogP contribution in [0.4, 0.5) is 5.69 Å². The van der Waals surface area contributed by atoms with Gasteiger partial charge in [-0.15, -0.1) is 0 Å². The summed E-state index contributed by atoms with van der Waals surface area (Å²) in [5.41, 5.74) is 3.17. The monoisotopic (exact) mass is 331 g/mol. The van der Waals surface area contributed by atoms with E-state index >= 15 is 0 Å². The summed E-state index contributed by atoms with van der Waals surface area (Å²) in [6.07, 6.45) is 0. The Bertz CT molecular complexity index is 1070. The van der Waals surface area contributed by atoms with E-state index in [9.17, 15) is 15.2 Å². The first-order valence-corrected chi connectivity index (χ1v) is 7.65. The third kappa shape index (κ3) is 2.59. The zero-order valence-corrected chi connectivity index (χ0v) is 13.0. The largest absolute Gasteiger partial charge is 0.508 e. The fourth-order valence-corrected chi connectivity index (χ4v) is 2.83. The Morgan fingerprint density at radius 3 is 2.36 bits per heavy atom. The summed E-state index contributed by atoms with van der Waals surface area (Å²) in [5, 5.41) is 20.7. The second-order valence-corrected chi connectivity index (χ2v) is 5.58. The van der Waals surface area contributed by atoms with Crippen LogP contribution >= 0.6 is 0 Å². The predicted octanol–water partition coefficient (Wildman–Crippen LogP) is 4.31. The molecule has 0 aliphatic carbocycles. The zero-order valence-electron chi connectivity index (χ0n) is 13.0. The van der Waals surface area contributed by atoms with Crippen molar-refractivity contribution in [3.8, 4) is 22.8 Å². The number of imidazole rings is 1. The molecule has 6 nitrogen and oxygen atoms in total. The van der Waals surface area contributed by atoms with Crippen LogP contribution in [0.5, 0.6) is 5.75 Å². The summed E-state index contributed by atoms with van der Waals surface area (Å²) in [4.78, 5) is 15.1. The maximum atomic E-state index is 10.9. The minimum absolute atomic E-state index is 0.0313. The molecule has 0 saturated carbocycles. The first-order chi connectivity index (χ1) is 12.1. The van der Waals surface area contributed by atoms with Gasteiger partial charge in [0, 0.05) is 29.4 Å². The number of fused-ring (bicyclic) bond motifs is 1. The number of non-ortho nitro benzene ring substituents is 1. The van der Waals surface area contributed by atoms with Crippen molar-refractivity contribution in [2.24, 2.45) is 0 Å². The molecule has 1 aromatic heterocycles. The SMILES string of the molecule is O=[N+]([O-])c1ccc(-c2nc3ccc(O)cc3n2-c2ccccc2)cc1.